The first kappa shape index (κ1) is 34.1. The lowest BCUT2D eigenvalue weighted by atomic mass is 10.1. The van der Waals surface area contributed by atoms with E-state index in [0.29, 0.717) is 59.5 Å². The van der Waals surface area contributed by atoms with Crippen LogP contribution < -0.4 is 35.5 Å². The van der Waals surface area contributed by atoms with Crippen molar-refractivity contribution in [2.45, 2.75) is 25.7 Å². The maximum absolute atomic E-state index is 13.5. The zero-order valence-electron chi connectivity index (χ0n) is 27.8. The number of nitrogens with zero attached hydrogens (tertiary/aromatic N) is 4. The van der Waals surface area contributed by atoms with Crippen LogP contribution >= 0.6 is 11.6 Å². The molecule has 1 amide bonds. The number of carbonyl (C=O) groups excluding carboxylic acids is 1. The number of rotatable bonds is 10. The number of nitrogens with one attached hydrogen (secondary N) is 1. The van der Waals surface area contributed by atoms with E-state index in [4.69, 9.17) is 30.5 Å². The molecule has 0 saturated carbocycles. The fourth-order valence-electron chi connectivity index (χ4n) is 6.24. The van der Waals surface area contributed by atoms with Crippen LogP contribution in [0.4, 0.5) is 10.1 Å². The maximum Gasteiger partial charge on any atom is 0.335 e. The number of anilines is 1. The van der Waals surface area contributed by atoms with Gasteiger partial charge in [0, 0.05) is 38.1 Å². The van der Waals surface area contributed by atoms with Gasteiger partial charge >= 0.3 is 5.69 Å². The minimum Gasteiger partial charge on any atom is -0.489 e. The van der Waals surface area contributed by atoms with E-state index in [1.165, 1.54) is 50.6 Å². The van der Waals surface area contributed by atoms with Crippen LogP contribution in [0.15, 0.2) is 76.6 Å². The average molecular weight is 716 g/mol. The molecule has 12 nitrogen and oxygen atoms in total. The van der Waals surface area contributed by atoms with E-state index in [1.807, 2.05) is 6.07 Å². The molecule has 3 aromatic carbocycles. The molecular formula is C37H35ClFN5O7. The molecule has 7 rings (SSSR count). The highest BCUT2D eigenvalue weighted by Gasteiger charge is 2.25. The van der Waals surface area contributed by atoms with Crippen LogP contribution in [-0.2, 0) is 7.05 Å². The number of likely N-dealkylation sites (tertiary alicyclic amines) is 1. The maximum atomic E-state index is 13.5. The fourth-order valence-corrected chi connectivity index (χ4v) is 6.46. The second-order valence-corrected chi connectivity index (χ2v) is 12.7. The van der Waals surface area contributed by atoms with Gasteiger partial charge in [0.1, 0.15) is 36.1 Å². The SMILES string of the molecule is Cn1cc(C(=O)Nc2ccc(Oc3ccnc4cc(OCCCN5CCCCC5)c5c(c34)OCCO5)cc2Cl)c(=O)n(-c2ccc(F)cc2)c1=O. The number of amides is 1. The molecule has 0 radical (unpaired) electrons. The van der Waals surface area contributed by atoms with Gasteiger partial charge in [-0.05, 0) is 74.8 Å². The molecule has 14 heteroatoms. The second kappa shape index (κ2) is 14.8. The topological polar surface area (TPSA) is 126 Å². The first-order valence-electron chi connectivity index (χ1n) is 16.7. The Morgan fingerprint density at radius 3 is 2.51 bits per heavy atom. The summed E-state index contributed by atoms with van der Waals surface area (Å²) >= 11 is 6.58. The molecule has 0 atom stereocenters. The van der Waals surface area contributed by atoms with E-state index in [2.05, 4.69) is 15.2 Å². The number of carbonyl (C=O) groups is 1. The second-order valence-electron chi connectivity index (χ2n) is 12.3. The van der Waals surface area contributed by atoms with Gasteiger partial charge in [-0.1, -0.05) is 18.0 Å². The number of pyridine rings is 1. The molecule has 2 aliphatic rings. The van der Waals surface area contributed by atoms with E-state index >= 15 is 0 Å². The molecule has 2 aromatic heterocycles. The molecule has 1 fully saturated rings. The zero-order chi connectivity index (χ0) is 35.5. The highest BCUT2D eigenvalue weighted by atomic mass is 35.5. The summed E-state index contributed by atoms with van der Waals surface area (Å²) in [5.74, 6) is 1.00. The third-order valence-corrected chi connectivity index (χ3v) is 9.08. The van der Waals surface area contributed by atoms with Crippen LogP contribution in [0.3, 0.4) is 0 Å². The quantitative estimate of drug-likeness (QED) is 0.175. The minimum absolute atomic E-state index is 0.116. The summed E-state index contributed by atoms with van der Waals surface area (Å²) in [6.07, 6.45) is 7.44. The number of piperidine rings is 1. The predicted molar refractivity (Wildman–Crippen MR) is 190 cm³/mol. The summed E-state index contributed by atoms with van der Waals surface area (Å²) in [5, 5.41) is 3.37. The van der Waals surface area contributed by atoms with Crippen molar-refractivity contribution >= 4 is 34.1 Å². The first-order valence-corrected chi connectivity index (χ1v) is 17.1. The van der Waals surface area contributed by atoms with E-state index in [1.54, 1.807) is 18.3 Å². The summed E-state index contributed by atoms with van der Waals surface area (Å²) in [6.45, 7) is 4.51. The van der Waals surface area contributed by atoms with Crippen LogP contribution in [0.25, 0.3) is 16.6 Å². The number of fused-ring (bicyclic) bond motifs is 3. The molecule has 5 aromatic rings. The molecule has 0 spiro atoms. The number of aromatic nitrogens is 3. The van der Waals surface area contributed by atoms with Gasteiger partial charge in [-0.3, -0.25) is 14.6 Å². The van der Waals surface area contributed by atoms with Crippen LogP contribution in [-0.4, -0.2) is 64.4 Å². The summed E-state index contributed by atoms with van der Waals surface area (Å²) < 4.78 is 39.9. The smallest absolute Gasteiger partial charge is 0.335 e. The summed E-state index contributed by atoms with van der Waals surface area (Å²) in [6, 6.07) is 13.0. The van der Waals surface area contributed by atoms with Crippen molar-refractivity contribution < 1.29 is 28.1 Å². The van der Waals surface area contributed by atoms with Gasteiger partial charge in [-0.2, -0.15) is 0 Å². The summed E-state index contributed by atoms with van der Waals surface area (Å²) in [5.41, 5.74) is -0.976. The van der Waals surface area contributed by atoms with Crippen LogP contribution in [0.5, 0.6) is 28.7 Å². The molecule has 264 valence electrons. The lowest BCUT2D eigenvalue weighted by Crippen LogP contribution is -2.41. The van der Waals surface area contributed by atoms with Crippen molar-refractivity contribution in [3.05, 3.63) is 104 Å². The Balaban J connectivity index is 1.10. The van der Waals surface area contributed by atoms with Crippen LogP contribution in [0.1, 0.15) is 36.0 Å². The van der Waals surface area contributed by atoms with Crippen molar-refractivity contribution in [1.82, 2.24) is 19.0 Å². The third-order valence-electron chi connectivity index (χ3n) is 8.76. The molecule has 2 aliphatic heterocycles. The van der Waals surface area contributed by atoms with Gasteiger partial charge in [0.25, 0.3) is 11.5 Å². The molecule has 1 saturated heterocycles. The van der Waals surface area contributed by atoms with Gasteiger partial charge in [-0.25, -0.2) is 13.8 Å². The van der Waals surface area contributed by atoms with Gasteiger partial charge in [0.05, 0.1) is 33.9 Å². The summed E-state index contributed by atoms with van der Waals surface area (Å²) in [7, 11) is 1.40. The minimum atomic E-state index is -0.872. The van der Waals surface area contributed by atoms with Gasteiger partial charge < -0.3 is 33.7 Å². The number of aryl methyl sites for hydroxylation is 1. The summed E-state index contributed by atoms with van der Waals surface area (Å²) in [4.78, 5) is 46.4. The number of hydrogen-bond acceptors (Lipinski definition) is 9. The molecular weight excluding hydrogens is 681 g/mol. The van der Waals surface area contributed by atoms with Crippen molar-refractivity contribution in [1.29, 1.82) is 0 Å². The van der Waals surface area contributed by atoms with Crippen molar-refractivity contribution in [3.63, 3.8) is 0 Å². The average Bonchev–Trinajstić information content (AvgIpc) is 3.14. The van der Waals surface area contributed by atoms with E-state index in [9.17, 15) is 18.8 Å². The molecule has 0 aliphatic carbocycles. The Bertz CT molecular complexity index is 2220. The van der Waals surface area contributed by atoms with Crippen molar-refractivity contribution in [2.24, 2.45) is 7.05 Å². The van der Waals surface area contributed by atoms with E-state index in [0.717, 1.165) is 53.5 Å². The van der Waals surface area contributed by atoms with Gasteiger partial charge in [-0.15, -0.1) is 0 Å². The lowest BCUT2D eigenvalue weighted by Gasteiger charge is -2.26. The lowest BCUT2D eigenvalue weighted by molar-refractivity contribution is 0.102. The molecule has 51 heavy (non-hydrogen) atoms. The highest BCUT2D eigenvalue weighted by molar-refractivity contribution is 6.34. The van der Waals surface area contributed by atoms with Crippen molar-refractivity contribution in [2.75, 3.05) is 44.8 Å². The number of halogens is 2. The molecule has 1 N–H and O–H groups in total. The number of hydrogen-bond donors (Lipinski definition) is 1. The first-order chi connectivity index (χ1) is 24.8. The normalized spacial score (nSPS) is 14.3. The molecule has 0 bridgehead atoms. The zero-order valence-corrected chi connectivity index (χ0v) is 28.6. The van der Waals surface area contributed by atoms with E-state index < -0.39 is 23.0 Å². The Morgan fingerprint density at radius 2 is 1.75 bits per heavy atom. The third kappa shape index (κ3) is 7.26. The Kier molecular flexibility index (Phi) is 9.91. The fraction of sp³-hybridized carbons (Fsp3) is 0.297. The standard InChI is InChI=1S/C37H35ClFN5O7/c1-42-22-26(36(46)44(37(42)47)24-8-6-23(39)7-9-24)35(45)41-28-11-10-25(20-27(28)38)51-30-12-13-40-29-21-31(33-34(32(29)30)50-19-18-49-33)48-17-5-16-43-14-3-2-4-15-43/h6-13,20-22H,2-5,14-19H2,1H3,(H,41,45). The number of benzene rings is 3. The highest BCUT2D eigenvalue weighted by Crippen LogP contribution is 2.48. The largest absolute Gasteiger partial charge is 0.489 e. The van der Waals surface area contributed by atoms with Crippen LogP contribution in [0.2, 0.25) is 5.02 Å². The van der Waals surface area contributed by atoms with Crippen molar-refractivity contribution in [3.8, 4) is 34.4 Å². The Morgan fingerprint density at radius 1 is 0.980 bits per heavy atom. The Labute approximate surface area is 296 Å². The predicted octanol–water partition coefficient (Wildman–Crippen LogP) is 5.95. The van der Waals surface area contributed by atoms with Gasteiger partial charge in [0.2, 0.25) is 5.75 Å². The number of ether oxygens (including phenoxy) is 4. The molecule has 0 unspecified atom stereocenters. The Hall–Kier alpha value is -5.40. The van der Waals surface area contributed by atoms with Gasteiger partial charge in [0.15, 0.2) is 11.5 Å². The monoisotopic (exact) mass is 715 g/mol. The van der Waals surface area contributed by atoms with E-state index in [-0.39, 0.29) is 22.0 Å². The van der Waals surface area contributed by atoms with Crippen LogP contribution in [0, 0.1) is 5.82 Å². The molecule has 4 heterocycles.